The minimum absolute atomic E-state index is 0.00458. The summed E-state index contributed by atoms with van der Waals surface area (Å²) in [6, 6.07) is -4.16. The van der Waals surface area contributed by atoms with E-state index >= 15 is 0 Å². The van der Waals surface area contributed by atoms with Crippen LogP contribution in [0.15, 0.2) is 30.3 Å². The minimum atomic E-state index is -1.73. The van der Waals surface area contributed by atoms with E-state index < -0.39 is 144 Å². The van der Waals surface area contributed by atoms with Crippen molar-refractivity contribution in [1.29, 1.82) is 0 Å². The maximum Gasteiger partial charge on any atom is 0.328 e. The SMILES string of the molecule is CSCC[C@H](N)C(=O)N[C@@H](CCC(N)=O)C(=O)N[C@@H](C)C(=O)N[C@@H](CC(C)C)C(=O)N[C@@H](CCC(N)=O)C(=O)N[C@H](C(=O)N1CCC[C@H]1C(=O)N[C@@H](Cc1ccccc1)C(=O)N[C@H](C(=O)O)[C@@H](C)O)[C@@H](C)O. The predicted octanol–water partition coefficient (Wildman–Crippen LogP) is -3.86. The van der Waals surface area contributed by atoms with Crippen molar-refractivity contribution < 1.29 is 68.1 Å². The molecule has 0 aliphatic carbocycles. The van der Waals surface area contributed by atoms with E-state index in [9.17, 15) is 68.1 Å². The molecule has 402 valence electrons. The van der Waals surface area contributed by atoms with Crippen LogP contribution in [0.1, 0.15) is 91.5 Å². The second kappa shape index (κ2) is 30.5. The molecule has 1 aromatic carbocycles. The molecule has 25 nitrogen and oxygen atoms in total. The number of carbonyl (C=O) groups excluding carboxylic acids is 10. The number of aliphatic hydroxyl groups is 2. The highest BCUT2D eigenvalue weighted by atomic mass is 32.2. The third-order valence-corrected chi connectivity index (χ3v) is 12.2. The number of benzene rings is 1. The van der Waals surface area contributed by atoms with Crippen molar-refractivity contribution in [2.24, 2.45) is 23.1 Å². The summed E-state index contributed by atoms with van der Waals surface area (Å²) in [4.78, 5) is 145. The second-order valence-electron chi connectivity index (χ2n) is 18.2. The van der Waals surface area contributed by atoms with E-state index in [-0.39, 0.29) is 51.0 Å². The number of amides is 10. The summed E-state index contributed by atoms with van der Waals surface area (Å²) in [7, 11) is 0. The summed E-state index contributed by atoms with van der Waals surface area (Å²) in [6.07, 6.45) is -2.06. The van der Waals surface area contributed by atoms with Crippen LogP contribution in [0.5, 0.6) is 0 Å². The largest absolute Gasteiger partial charge is 0.480 e. The van der Waals surface area contributed by atoms with Crippen LogP contribution in [0.2, 0.25) is 0 Å². The average Bonchev–Trinajstić information content (AvgIpc) is 3.81. The first-order chi connectivity index (χ1) is 33.8. The first-order valence-corrected chi connectivity index (χ1v) is 25.0. The lowest BCUT2D eigenvalue weighted by atomic mass is 10.0. The number of nitrogens with zero attached hydrogens (tertiary/aromatic N) is 1. The van der Waals surface area contributed by atoms with Crippen LogP contribution < -0.4 is 54.4 Å². The Morgan fingerprint density at radius 1 is 0.653 bits per heavy atom. The van der Waals surface area contributed by atoms with Gasteiger partial charge in [0, 0.05) is 25.8 Å². The van der Waals surface area contributed by atoms with Crippen LogP contribution in [-0.4, -0.2) is 170 Å². The monoisotopic (exact) mass is 1040 g/mol. The van der Waals surface area contributed by atoms with E-state index in [2.05, 4.69) is 37.2 Å². The van der Waals surface area contributed by atoms with Crippen LogP contribution in [0, 0.1) is 5.92 Å². The number of carbonyl (C=O) groups is 11. The lowest BCUT2D eigenvalue weighted by molar-refractivity contribution is -0.146. The quantitative estimate of drug-likeness (QED) is 0.0339. The smallest absolute Gasteiger partial charge is 0.328 e. The van der Waals surface area contributed by atoms with Crippen molar-refractivity contribution in [2.45, 2.75) is 159 Å². The number of thioether (sulfide) groups is 1. The normalized spacial score (nSPS) is 17.5. The highest BCUT2D eigenvalue weighted by Crippen LogP contribution is 2.21. The summed E-state index contributed by atoms with van der Waals surface area (Å²) >= 11 is 1.46. The predicted molar refractivity (Wildman–Crippen MR) is 262 cm³/mol. The van der Waals surface area contributed by atoms with Gasteiger partial charge < -0.3 is 74.6 Å². The van der Waals surface area contributed by atoms with Gasteiger partial charge in [0.05, 0.1) is 18.2 Å². The molecular weight excluding hydrogens is 963 g/mol. The van der Waals surface area contributed by atoms with Crippen molar-refractivity contribution in [2.75, 3.05) is 18.6 Å². The molecule has 11 atom stereocenters. The zero-order valence-corrected chi connectivity index (χ0v) is 42.3. The van der Waals surface area contributed by atoms with Gasteiger partial charge in [0.25, 0.3) is 0 Å². The van der Waals surface area contributed by atoms with Crippen molar-refractivity contribution in [3.63, 3.8) is 0 Å². The molecule has 26 heteroatoms. The lowest BCUT2D eigenvalue weighted by Crippen LogP contribution is -2.62. The Bertz CT molecular complexity index is 2060. The molecule has 2 rings (SSSR count). The van der Waals surface area contributed by atoms with Gasteiger partial charge in [0.15, 0.2) is 6.04 Å². The Kier molecular flexibility index (Phi) is 26.1. The number of hydrogen-bond acceptors (Lipinski definition) is 15. The van der Waals surface area contributed by atoms with E-state index in [0.29, 0.717) is 17.7 Å². The Balaban J connectivity index is 2.31. The van der Waals surface area contributed by atoms with Crippen molar-refractivity contribution in [1.82, 2.24) is 42.1 Å². The van der Waals surface area contributed by atoms with Crippen molar-refractivity contribution in [3.8, 4) is 0 Å². The number of nitrogens with two attached hydrogens (primary N) is 3. The Hall–Kier alpha value is -6.38. The van der Waals surface area contributed by atoms with E-state index in [1.807, 2.05) is 6.26 Å². The molecule has 72 heavy (non-hydrogen) atoms. The van der Waals surface area contributed by atoms with Crippen molar-refractivity contribution >= 4 is 76.8 Å². The second-order valence-corrected chi connectivity index (χ2v) is 19.2. The Labute approximate surface area is 422 Å². The van der Waals surface area contributed by atoms with Crippen LogP contribution >= 0.6 is 11.8 Å². The molecule has 10 amide bonds. The molecule has 1 fully saturated rings. The van der Waals surface area contributed by atoms with Crippen LogP contribution in [0.4, 0.5) is 0 Å². The molecule has 0 unspecified atom stereocenters. The van der Waals surface area contributed by atoms with Gasteiger partial charge in [0.1, 0.15) is 42.3 Å². The average molecular weight is 1040 g/mol. The number of carboxylic acids is 1. The molecule has 1 aromatic rings. The fraction of sp³-hybridized carbons (Fsp3) is 0.630. The molecule has 1 heterocycles. The molecule has 0 radical (unpaired) electrons. The third kappa shape index (κ3) is 20.8. The summed E-state index contributed by atoms with van der Waals surface area (Å²) in [6.45, 7) is 7.10. The van der Waals surface area contributed by atoms with Gasteiger partial charge >= 0.3 is 5.97 Å². The van der Waals surface area contributed by atoms with Crippen LogP contribution in [-0.2, 0) is 59.2 Å². The van der Waals surface area contributed by atoms with Gasteiger partial charge in [-0.25, -0.2) is 4.79 Å². The van der Waals surface area contributed by atoms with Gasteiger partial charge in [-0.2, -0.15) is 11.8 Å². The standard InChI is InChI=1S/C46H73N11O14S/c1-23(2)21-31(53-38(62)24(3)50-40(64)29(14-16-34(48)60)51-39(63)28(47)18-20-72-6)42(66)52-30(15-17-35(49)61)41(65)55-36(25(4)58)45(69)57-19-10-13-33(57)44(68)54-32(22-27-11-8-7-9-12-27)43(67)56-37(26(5)59)46(70)71/h7-9,11-12,23-26,28-33,36-37,58-59H,10,13-22,47H2,1-6H3,(H2,48,60)(H2,49,61)(H,50,64)(H,51,63)(H,52,66)(H,53,62)(H,54,68)(H,55,65)(H,56,67)(H,70,71)/t24-,25+,26+,28-,29-,30-,31-,32-,33-,36-,37-/m0/s1. The van der Waals surface area contributed by atoms with E-state index in [1.165, 1.54) is 32.5 Å². The molecule has 1 aliphatic rings. The zero-order valence-electron chi connectivity index (χ0n) is 41.5. The summed E-state index contributed by atoms with van der Waals surface area (Å²) in [5, 5.41) is 47.6. The third-order valence-electron chi connectivity index (χ3n) is 11.5. The molecule has 1 aliphatic heterocycles. The lowest BCUT2D eigenvalue weighted by Gasteiger charge is -2.32. The number of likely N-dealkylation sites (tertiary alicyclic amines) is 1. The minimum Gasteiger partial charge on any atom is -0.480 e. The highest BCUT2D eigenvalue weighted by molar-refractivity contribution is 7.98. The molecule has 0 bridgehead atoms. The van der Waals surface area contributed by atoms with Crippen molar-refractivity contribution in [3.05, 3.63) is 35.9 Å². The molecule has 0 aromatic heterocycles. The molecular formula is C46H73N11O14S. The van der Waals surface area contributed by atoms with Gasteiger partial charge in [-0.1, -0.05) is 44.2 Å². The van der Waals surface area contributed by atoms with Gasteiger partial charge in [-0.15, -0.1) is 0 Å². The summed E-state index contributed by atoms with van der Waals surface area (Å²) in [5.74, 6) is -9.82. The molecule has 16 N–H and O–H groups in total. The van der Waals surface area contributed by atoms with Gasteiger partial charge in [0.2, 0.25) is 59.1 Å². The topological polar surface area (TPSA) is 414 Å². The molecule has 1 saturated heterocycles. The number of nitrogens with one attached hydrogen (secondary N) is 7. The number of aliphatic hydroxyl groups excluding tert-OH is 2. The van der Waals surface area contributed by atoms with Crippen LogP contribution in [0.25, 0.3) is 0 Å². The number of hydrogen-bond donors (Lipinski definition) is 13. The van der Waals surface area contributed by atoms with Crippen LogP contribution in [0.3, 0.4) is 0 Å². The number of primary amides is 2. The summed E-state index contributed by atoms with van der Waals surface area (Å²) < 4.78 is 0. The van der Waals surface area contributed by atoms with Gasteiger partial charge in [-0.05, 0) is 82.8 Å². The Morgan fingerprint density at radius 3 is 1.67 bits per heavy atom. The van der Waals surface area contributed by atoms with E-state index in [1.54, 1.807) is 44.2 Å². The zero-order chi connectivity index (χ0) is 54.4. The highest BCUT2D eigenvalue weighted by Gasteiger charge is 2.42. The fourth-order valence-corrected chi connectivity index (χ4v) is 8.00. The first kappa shape index (κ1) is 61.7. The molecule has 0 saturated carbocycles. The number of carboxylic acid groups (broad SMARTS) is 1. The maximum atomic E-state index is 14.2. The number of rotatable bonds is 31. The summed E-state index contributed by atoms with van der Waals surface area (Å²) in [5.41, 5.74) is 17.2. The van der Waals surface area contributed by atoms with Gasteiger partial charge in [-0.3, -0.25) is 47.9 Å². The van der Waals surface area contributed by atoms with E-state index in [4.69, 9.17) is 17.2 Å². The fourth-order valence-electron chi connectivity index (χ4n) is 7.51. The number of aliphatic carboxylic acids is 1. The maximum absolute atomic E-state index is 14.2. The molecule has 0 spiro atoms. The first-order valence-electron chi connectivity index (χ1n) is 23.6. The van der Waals surface area contributed by atoms with E-state index in [0.717, 1.165) is 4.90 Å². The Morgan fingerprint density at radius 2 is 1.15 bits per heavy atom.